The highest BCUT2D eigenvalue weighted by atomic mass is 16.3. The first-order valence-electron chi connectivity index (χ1n) is 8.70. The van der Waals surface area contributed by atoms with Gasteiger partial charge in [0.15, 0.2) is 0 Å². The van der Waals surface area contributed by atoms with Crippen LogP contribution in [0.5, 0.6) is 0 Å². The van der Waals surface area contributed by atoms with Crippen LogP contribution in [0, 0.1) is 0 Å². The van der Waals surface area contributed by atoms with Crippen LogP contribution < -0.4 is 0 Å². The minimum Gasteiger partial charge on any atom is -0.456 e. The summed E-state index contributed by atoms with van der Waals surface area (Å²) in [6, 6.07) is 29.1. The third-order valence-corrected chi connectivity index (χ3v) is 5.09. The molecule has 0 fully saturated rings. The zero-order valence-electron chi connectivity index (χ0n) is 13.9. The van der Waals surface area contributed by atoms with E-state index in [0.29, 0.717) is 0 Å². The maximum Gasteiger partial charge on any atom is 0.135 e. The Labute approximate surface area is 149 Å². The van der Waals surface area contributed by atoms with Gasteiger partial charge in [-0.15, -0.1) is 0 Å². The van der Waals surface area contributed by atoms with Crippen LogP contribution in [0.15, 0.2) is 93.8 Å². The van der Waals surface area contributed by atoms with Gasteiger partial charge in [0.25, 0.3) is 0 Å². The molecular weight excluding hydrogens is 320 g/mol. The SMILES string of the molecule is c1ccc2c(c1)oc1ccc(-c3ccc4oc5ccccc5c4c3)cc12. The molecule has 4 aromatic carbocycles. The lowest BCUT2D eigenvalue weighted by atomic mass is 10.0. The number of rotatable bonds is 1. The minimum atomic E-state index is 0.921. The molecule has 0 bridgehead atoms. The molecule has 0 saturated heterocycles. The Hall–Kier alpha value is -3.52. The zero-order valence-corrected chi connectivity index (χ0v) is 13.9. The van der Waals surface area contributed by atoms with E-state index in [1.54, 1.807) is 0 Å². The van der Waals surface area contributed by atoms with E-state index in [1.807, 2.05) is 36.4 Å². The predicted octanol–water partition coefficient (Wildman–Crippen LogP) is 7.15. The molecule has 0 aliphatic heterocycles. The van der Waals surface area contributed by atoms with Crippen LogP contribution in [0.1, 0.15) is 0 Å². The maximum atomic E-state index is 5.94. The lowest BCUT2D eigenvalue weighted by Crippen LogP contribution is -1.78. The molecule has 2 aromatic heterocycles. The lowest BCUT2D eigenvalue weighted by Gasteiger charge is -2.02. The van der Waals surface area contributed by atoms with E-state index in [0.717, 1.165) is 43.9 Å². The highest BCUT2D eigenvalue weighted by molar-refractivity contribution is 6.08. The molecule has 2 heterocycles. The molecule has 2 heteroatoms. The number of hydrogen-bond acceptors (Lipinski definition) is 2. The molecule has 0 N–H and O–H groups in total. The number of hydrogen-bond donors (Lipinski definition) is 0. The van der Waals surface area contributed by atoms with E-state index in [9.17, 15) is 0 Å². The highest BCUT2D eigenvalue weighted by Gasteiger charge is 2.10. The summed E-state index contributed by atoms with van der Waals surface area (Å²) in [5.74, 6) is 0. The average molecular weight is 334 g/mol. The average Bonchev–Trinajstić information content (AvgIpc) is 3.25. The van der Waals surface area contributed by atoms with Gasteiger partial charge < -0.3 is 8.83 Å². The quantitative estimate of drug-likeness (QED) is 0.319. The Morgan fingerprint density at radius 3 is 1.31 bits per heavy atom. The number of furan rings is 2. The Bertz CT molecular complexity index is 1320. The lowest BCUT2D eigenvalue weighted by molar-refractivity contribution is 0.668. The van der Waals surface area contributed by atoms with E-state index in [-0.39, 0.29) is 0 Å². The number of benzene rings is 4. The topological polar surface area (TPSA) is 26.3 Å². The molecule has 6 aromatic rings. The molecule has 0 saturated carbocycles. The standard InChI is InChI=1S/C24H14O2/c1-3-7-21-17(5-1)19-13-15(9-11-23(19)25-21)16-10-12-24-20(14-16)18-6-2-4-8-22(18)26-24/h1-14H. The van der Waals surface area contributed by atoms with Crippen LogP contribution >= 0.6 is 0 Å². The van der Waals surface area contributed by atoms with E-state index in [2.05, 4.69) is 48.5 Å². The van der Waals surface area contributed by atoms with Crippen molar-refractivity contribution in [1.29, 1.82) is 0 Å². The Kier molecular flexibility index (Phi) is 2.64. The Balaban J connectivity index is 1.61. The summed E-state index contributed by atoms with van der Waals surface area (Å²) in [7, 11) is 0. The summed E-state index contributed by atoms with van der Waals surface area (Å²) in [5.41, 5.74) is 6.05. The van der Waals surface area contributed by atoms with Crippen LogP contribution in [0.3, 0.4) is 0 Å². The van der Waals surface area contributed by atoms with Gasteiger partial charge >= 0.3 is 0 Å². The molecule has 0 aliphatic rings. The van der Waals surface area contributed by atoms with Crippen molar-refractivity contribution in [2.75, 3.05) is 0 Å². The van der Waals surface area contributed by atoms with Crippen molar-refractivity contribution in [3.63, 3.8) is 0 Å². The summed E-state index contributed by atoms with van der Waals surface area (Å²) in [4.78, 5) is 0. The van der Waals surface area contributed by atoms with Crippen LogP contribution in [-0.4, -0.2) is 0 Å². The van der Waals surface area contributed by atoms with Gasteiger partial charge in [-0.3, -0.25) is 0 Å². The summed E-state index contributed by atoms with van der Waals surface area (Å²) >= 11 is 0. The summed E-state index contributed by atoms with van der Waals surface area (Å²) < 4.78 is 11.9. The fraction of sp³-hybridized carbons (Fsp3) is 0. The fourth-order valence-corrected chi connectivity index (χ4v) is 3.81. The summed E-state index contributed by atoms with van der Waals surface area (Å²) in [6.07, 6.45) is 0. The minimum absolute atomic E-state index is 0.921. The van der Waals surface area contributed by atoms with Crippen LogP contribution in [0.4, 0.5) is 0 Å². The van der Waals surface area contributed by atoms with Crippen molar-refractivity contribution < 1.29 is 8.83 Å². The van der Waals surface area contributed by atoms with Gasteiger partial charge in [-0.2, -0.15) is 0 Å². The first-order chi connectivity index (χ1) is 12.9. The van der Waals surface area contributed by atoms with E-state index in [4.69, 9.17) is 8.83 Å². The van der Waals surface area contributed by atoms with Gasteiger partial charge in [-0.05, 0) is 47.5 Å². The first-order valence-corrected chi connectivity index (χ1v) is 8.70. The molecule has 0 amide bonds. The molecule has 26 heavy (non-hydrogen) atoms. The molecule has 6 rings (SSSR count). The smallest absolute Gasteiger partial charge is 0.135 e. The maximum absolute atomic E-state index is 5.94. The molecular formula is C24H14O2. The van der Waals surface area contributed by atoms with Gasteiger partial charge in [-0.1, -0.05) is 48.5 Å². The van der Waals surface area contributed by atoms with Crippen molar-refractivity contribution in [3.8, 4) is 11.1 Å². The molecule has 122 valence electrons. The first kappa shape index (κ1) is 13.7. The third kappa shape index (κ3) is 1.87. The van der Waals surface area contributed by atoms with Gasteiger partial charge in [0.05, 0.1) is 0 Å². The number of fused-ring (bicyclic) bond motifs is 6. The summed E-state index contributed by atoms with van der Waals surface area (Å²) in [5, 5.41) is 4.60. The normalized spacial score (nSPS) is 11.8. The van der Waals surface area contributed by atoms with E-state index in [1.165, 1.54) is 11.1 Å². The van der Waals surface area contributed by atoms with Crippen molar-refractivity contribution in [1.82, 2.24) is 0 Å². The van der Waals surface area contributed by atoms with Gasteiger partial charge in [0.1, 0.15) is 22.3 Å². The monoisotopic (exact) mass is 334 g/mol. The Morgan fingerprint density at radius 1 is 0.385 bits per heavy atom. The zero-order chi connectivity index (χ0) is 17.1. The van der Waals surface area contributed by atoms with Gasteiger partial charge in [0.2, 0.25) is 0 Å². The fourth-order valence-electron chi connectivity index (χ4n) is 3.81. The van der Waals surface area contributed by atoms with Crippen LogP contribution in [0.25, 0.3) is 55.0 Å². The highest BCUT2D eigenvalue weighted by Crippen LogP contribution is 2.35. The van der Waals surface area contributed by atoms with Crippen LogP contribution in [0.2, 0.25) is 0 Å². The van der Waals surface area contributed by atoms with Crippen LogP contribution in [-0.2, 0) is 0 Å². The van der Waals surface area contributed by atoms with Gasteiger partial charge in [0, 0.05) is 21.5 Å². The molecule has 0 spiro atoms. The molecule has 0 aliphatic carbocycles. The molecule has 0 atom stereocenters. The molecule has 0 radical (unpaired) electrons. The van der Waals surface area contributed by atoms with Gasteiger partial charge in [-0.25, -0.2) is 0 Å². The molecule has 0 unspecified atom stereocenters. The predicted molar refractivity (Wildman–Crippen MR) is 106 cm³/mol. The molecule has 2 nitrogen and oxygen atoms in total. The van der Waals surface area contributed by atoms with E-state index >= 15 is 0 Å². The van der Waals surface area contributed by atoms with Crippen molar-refractivity contribution >= 4 is 43.9 Å². The Morgan fingerprint density at radius 2 is 0.808 bits per heavy atom. The van der Waals surface area contributed by atoms with Crippen molar-refractivity contribution in [3.05, 3.63) is 84.9 Å². The second kappa shape index (κ2) is 4.99. The third-order valence-electron chi connectivity index (χ3n) is 5.09. The largest absolute Gasteiger partial charge is 0.456 e. The van der Waals surface area contributed by atoms with E-state index < -0.39 is 0 Å². The van der Waals surface area contributed by atoms with Crippen molar-refractivity contribution in [2.45, 2.75) is 0 Å². The van der Waals surface area contributed by atoms with Crippen molar-refractivity contribution in [2.24, 2.45) is 0 Å². The second-order valence-electron chi connectivity index (χ2n) is 6.62. The summed E-state index contributed by atoms with van der Waals surface area (Å²) in [6.45, 7) is 0. The number of para-hydroxylation sites is 2. The second-order valence-corrected chi connectivity index (χ2v) is 6.62.